The summed E-state index contributed by atoms with van der Waals surface area (Å²) in [5.74, 6) is -0.00913. The van der Waals surface area contributed by atoms with Gasteiger partial charge in [-0.05, 0) is 49.4 Å². The number of hydrogen-bond donors (Lipinski definition) is 1. The van der Waals surface area contributed by atoms with E-state index in [0.29, 0.717) is 33.6 Å². The van der Waals surface area contributed by atoms with E-state index in [1.54, 1.807) is 37.4 Å². The largest absolute Gasteiger partial charge is 0.444 e. The topological polar surface area (TPSA) is 68.0 Å². The number of nitrogens with zero attached hydrogens (tertiary/aromatic N) is 2. The molecule has 0 radical (unpaired) electrons. The second kappa shape index (κ2) is 6.40. The molecule has 0 saturated carbocycles. The summed E-state index contributed by atoms with van der Waals surface area (Å²) in [6, 6.07) is 13.1. The van der Waals surface area contributed by atoms with Gasteiger partial charge < -0.3 is 9.73 Å². The van der Waals surface area contributed by atoms with Gasteiger partial charge in [-0.15, -0.1) is 0 Å². The van der Waals surface area contributed by atoms with Crippen molar-refractivity contribution in [3.63, 3.8) is 0 Å². The fourth-order valence-electron chi connectivity index (χ4n) is 2.80. The van der Waals surface area contributed by atoms with Crippen LogP contribution in [0.3, 0.4) is 0 Å². The second-order valence-electron chi connectivity index (χ2n) is 5.87. The van der Waals surface area contributed by atoms with Crippen molar-refractivity contribution in [3.05, 3.63) is 78.2 Å². The molecule has 0 unspecified atom stereocenters. The molecule has 0 bridgehead atoms. The zero-order chi connectivity index (χ0) is 18.1. The number of hydrogen-bond acceptors (Lipinski definition) is 4. The van der Waals surface area contributed by atoms with E-state index in [4.69, 9.17) is 4.42 Å². The summed E-state index contributed by atoms with van der Waals surface area (Å²) in [5.41, 5.74) is 3.06. The third kappa shape index (κ3) is 3.04. The van der Waals surface area contributed by atoms with Gasteiger partial charge in [0.2, 0.25) is 0 Å². The number of oxazole rings is 1. The first-order chi connectivity index (χ1) is 12.6. The van der Waals surface area contributed by atoms with Crippen LogP contribution < -0.4 is 5.32 Å². The van der Waals surface area contributed by atoms with Gasteiger partial charge in [0, 0.05) is 28.4 Å². The predicted octanol–water partition coefficient (Wildman–Crippen LogP) is 4.59. The maximum atomic E-state index is 13.4. The van der Waals surface area contributed by atoms with Crippen LogP contribution >= 0.6 is 0 Å². The Kier molecular flexibility index (Phi) is 3.93. The van der Waals surface area contributed by atoms with Gasteiger partial charge in [0.15, 0.2) is 12.2 Å². The molecule has 4 aromatic rings. The Bertz CT molecular complexity index is 1080. The minimum absolute atomic E-state index is 0.278. The molecule has 2 aromatic carbocycles. The van der Waals surface area contributed by atoms with Crippen molar-refractivity contribution < 1.29 is 13.6 Å². The quantitative estimate of drug-likeness (QED) is 0.588. The van der Waals surface area contributed by atoms with Crippen LogP contribution in [0.4, 0.5) is 10.1 Å². The van der Waals surface area contributed by atoms with Gasteiger partial charge in [0.1, 0.15) is 5.82 Å². The molecule has 4 rings (SSSR count). The molecule has 6 heteroatoms. The highest BCUT2D eigenvalue weighted by Crippen LogP contribution is 2.23. The SMILES string of the molecule is Cc1cc(C(=O)Nc2ccc(-c3cnco3)cc2)c2ccc(F)cc2n1. The molecule has 26 heavy (non-hydrogen) atoms. The monoisotopic (exact) mass is 347 g/mol. The molecule has 0 saturated heterocycles. The third-order valence-corrected chi connectivity index (χ3v) is 4.00. The summed E-state index contributed by atoms with van der Waals surface area (Å²) >= 11 is 0. The molecular formula is C20H14FN3O2. The highest BCUT2D eigenvalue weighted by molar-refractivity contribution is 6.12. The Morgan fingerprint density at radius 2 is 1.92 bits per heavy atom. The van der Waals surface area contributed by atoms with E-state index < -0.39 is 0 Å². The fourth-order valence-corrected chi connectivity index (χ4v) is 2.80. The molecule has 0 spiro atoms. The molecule has 0 fully saturated rings. The van der Waals surface area contributed by atoms with Crippen LogP contribution in [0.25, 0.3) is 22.2 Å². The Morgan fingerprint density at radius 3 is 2.65 bits per heavy atom. The minimum Gasteiger partial charge on any atom is -0.444 e. The Morgan fingerprint density at radius 1 is 1.12 bits per heavy atom. The number of carbonyl (C=O) groups is 1. The molecule has 0 aliphatic heterocycles. The molecule has 128 valence electrons. The summed E-state index contributed by atoms with van der Waals surface area (Å²) in [7, 11) is 0. The van der Waals surface area contributed by atoms with Crippen LogP contribution in [0.15, 0.2) is 65.5 Å². The van der Waals surface area contributed by atoms with Crippen LogP contribution in [-0.2, 0) is 0 Å². The number of amides is 1. The molecule has 5 nitrogen and oxygen atoms in total. The zero-order valence-electron chi connectivity index (χ0n) is 13.9. The number of aromatic nitrogens is 2. The molecule has 2 heterocycles. The Labute approximate surface area is 148 Å². The number of anilines is 1. The van der Waals surface area contributed by atoms with Gasteiger partial charge in [0.05, 0.1) is 17.3 Å². The molecule has 1 N–H and O–H groups in total. The maximum absolute atomic E-state index is 13.4. The summed E-state index contributed by atoms with van der Waals surface area (Å²) in [5, 5.41) is 3.46. The van der Waals surface area contributed by atoms with Crippen LogP contribution in [-0.4, -0.2) is 15.9 Å². The number of halogens is 1. The maximum Gasteiger partial charge on any atom is 0.256 e. The number of rotatable bonds is 3. The highest BCUT2D eigenvalue weighted by atomic mass is 19.1. The Balaban J connectivity index is 1.63. The van der Waals surface area contributed by atoms with Gasteiger partial charge in [-0.2, -0.15) is 0 Å². The van der Waals surface area contributed by atoms with E-state index in [2.05, 4.69) is 15.3 Å². The predicted molar refractivity (Wildman–Crippen MR) is 96.3 cm³/mol. The zero-order valence-corrected chi connectivity index (χ0v) is 13.9. The van der Waals surface area contributed by atoms with E-state index in [0.717, 1.165) is 5.56 Å². The van der Waals surface area contributed by atoms with E-state index in [-0.39, 0.29) is 11.7 Å². The van der Waals surface area contributed by atoms with Crippen LogP contribution in [0.1, 0.15) is 16.1 Å². The normalized spacial score (nSPS) is 10.8. The molecular weight excluding hydrogens is 333 g/mol. The summed E-state index contributed by atoms with van der Waals surface area (Å²) in [4.78, 5) is 20.9. The number of nitrogens with one attached hydrogen (secondary N) is 1. The van der Waals surface area contributed by atoms with Crippen molar-refractivity contribution in [2.24, 2.45) is 0 Å². The van der Waals surface area contributed by atoms with Crippen molar-refractivity contribution in [2.75, 3.05) is 5.32 Å². The smallest absolute Gasteiger partial charge is 0.256 e. The lowest BCUT2D eigenvalue weighted by atomic mass is 10.1. The number of fused-ring (bicyclic) bond motifs is 1. The summed E-state index contributed by atoms with van der Waals surface area (Å²) in [6.45, 7) is 1.77. The molecule has 0 aliphatic carbocycles. The van der Waals surface area contributed by atoms with Gasteiger partial charge in [-0.3, -0.25) is 9.78 Å². The first kappa shape index (κ1) is 16.0. The molecule has 0 aliphatic rings. The number of carbonyl (C=O) groups excluding carboxylic acids is 1. The van der Waals surface area contributed by atoms with E-state index in [9.17, 15) is 9.18 Å². The lowest BCUT2D eigenvalue weighted by Crippen LogP contribution is -2.13. The fraction of sp³-hybridized carbons (Fsp3) is 0.0500. The van der Waals surface area contributed by atoms with Crippen molar-refractivity contribution in [1.29, 1.82) is 0 Å². The summed E-state index contributed by atoms with van der Waals surface area (Å²) in [6.07, 6.45) is 2.99. The second-order valence-corrected chi connectivity index (χ2v) is 5.87. The van der Waals surface area contributed by atoms with Crippen molar-refractivity contribution >= 4 is 22.5 Å². The van der Waals surface area contributed by atoms with E-state index in [1.807, 2.05) is 12.1 Å². The van der Waals surface area contributed by atoms with Gasteiger partial charge in [-0.1, -0.05) is 0 Å². The molecule has 1 amide bonds. The molecule has 0 atom stereocenters. The lowest BCUT2D eigenvalue weighted by Gasteiger charge is -2.09. The first-order valence-electron chi connectivity index (χ1n) is 7.97. The molecule has 2 aromatic heterocycles. The average Bonchev–Trinajstić information content (AvgIpc) is 3.16. The van der Waals surface area contributed by atoms with Gasteiger partial charge in [-0.25, -0.2) is 9.37 Å². The third-order valence-electron chi connectivity index (χ3n) is 4.00. The van der Waals surface area contributed by atoms with Crippen molar-refractivity contribution in [2.45, 2.75) is 6.92 Å². The van der Waals surface area contributed by atoms with Gasteiger partial charge in [0.25, 0.3) is 5.91 Å². The van der Waals surface area contributed by atoms with Crippen molar-refractivity contribution in [1.82, 2.24) is 9.97 Å². The van der Waals surface area contributed by atoms with Crippen LogP contribution in [0.2, 0.25) is 0 Å². The minimum atomic E-state index is -0.384. The number of pyridine rings is 1. The Hall–Kier alpha value is -3.54. The van der Waals surface area contributed by atoms with E-state index in [1.165, 1.54) is 18.5 Å². The van der Waals surface area contributed by atoms with Crippen LogP contribution in [0, 0.1) is 12.7 Å². The lowest BCUT2D eigenvalue weighted by molar-refractivity contribution is 0.102. The summed E-state index contributed by atoms with van der Waals surface area (Å²) < 4.78 is 18.7. The number of aryl methyl sites for hydroxylation is 1. The van der Waals surface area contributed by atoms with Crippen molar-refractivity contribution in [3.8, 4) is 11.3 Å². The number of benzene rings is 2. The highest BCUT2D eigenvalue weighted by Gasteiger charge is 2.13. The van der Waals surface area contributed by atoms with Crippen LogP contribution in [0.5, 0.6) is 0 Å². The standard InChI is InChI=1S/C20H14FN3O2/c1-12-8-17(16-7-4-14(21)9-18(16)23-12)20(25)24-15-5-2-13(3-6-15)19-10-22-11-26-19/h2-11H,1H3,(H,24,25). The average molecular weight is 347 g/mol. The first-order valence-corrected chi connectivity index (χ1v) is 7.97. The van der Waals surface area contributed by atoms with Gasteiger partial charge >= 0.3 is 0 Å². The van der Waals surface area contributed by atoms with E-state index >= 15 is 0 Å².